The van der Waals surface area contributed by atoms with E-state index in [1.165, 1.54) is 10.8 Å². The Morgan fingerprint density at radius 2 is 2.00 bits per heavy atom. The van der Waals surface area contributed by atoms with Gasteiger partial charge in [-0.25, -0.2) is 9.48 Å². The first-order valence-corrected chi connectivity index (χ1v) is 11.1. The van der Waals surface area contributed by atoms with Crippen molar-refractivity contribution in [2.75, 3.05) is 6.54 Å². The fraction of sp³-hybridized carbons (Fsp3) is 0.320. The lowest BCUT2D eigenvalue weighted by molar-refractivity contribution is -0.116. The lowest BCUT2D eigenvalue weighted by Gasteiger charge is -2.09. The minimum atomic E-state index is -0.169. The number of ether oxygens (including phenoxy) is 1. The normalized spacial score (nSPS) is 13.1. The van der Waals surface area contributed by atoms with Crippen LogP contribution in [0.5, 0.6) is 5.75 Å². The minimum Gasteiger partial charge on any atom is -0.489 e. The molecule has 1 aliphatic heterocycles. The maximum absolute atomic E-state index is 12.3. The van der Waals surface area contributed by atoms with Crippen LogP contribution in [-0.4, -0.2) is 26.8 Å². The zero-order chi connectivity index (χ0) is 22.2. The van der Waals surface area contributed by atoms with E-state index in [4.69, 9.17) is 4.74 Å². The summed E-state index contributed by atoms with van der Waals surface area (Å²) in [6.07, 6.45) is 6.90. The van der Waals surface area contributed by atoms with Crippen LogP contribution in [0.2, 0.25) is 0 Å². The topological polar surface area (TPSA) is 78.2 Å². The number of hydrogen-bond acceptors (Lipinski definition) is 4. The van der Waals surface area contributed by atoms with Crippen LogP contribution in [-0.2, 0) is 30.9 Å². The van der Waals surface area contributed by atoms with Gasteiger partial charge in [-0.1, -0.05) is 42.5 Å². The predicted molar refractivity (Wildman–Crippen MR) is 123 cm³/mol. The van der Waals surface area contributed by atoms with Gasteiger partial charge in [0.2, 0.25) is 5.91 Å². The van der Waals surface area contributed by atoms with E-state index in [1.807, 2.05) is 54.6 Å². The second-order valence-corrected chi connectivity index (χ2v) is 7.86. The molecule has 2 heterocycles. The van der Waals surface area contributed by atoms with Crippen molar-refractivity contribution in [2.45, 2.75) is 45.4 Å². The lowest BCUT2D eigenvalue weighted by Crippen LogP contribution is -2.28. The Labute approximate surface area is 187 Å². The first kappa shape index (κ1) is 21.6. The fourth-order valence-electron chi connectivity index (χ4n) is 3.71. The molecule has 3 aromatic rings. The molecule has 1 aromatic heterocycles. The average molecular weight is 433 g/mol. The van der Waals surface area contributed by atoms with Crippen molar-refractivity contribution in [3.63, 3.8) is 0 Å². The predicted octanol–water partition coefficient (Wildman–Crippen LogP) is 3.18. The second-order valence-electron chi connectivity index (χ2n) is 7.86. The van der Waals surface area contributed by atoms with E-state index in [0.717, 1.165) is 48.5 Å². The Hall–Kier alpha value is -3.61. The van der Waals surface area contributed by atoms with Crippen molar-refractivity contribution in [1.29, 1.82) is 0 Å². The third-order valence-corrected chi connectivity index (χ3v) is 5.41. The number of fused-ring (bicyclic) bond motifs is 1. The van der Waals surface area contributed by atoms with Gasteiger partial charge in [-0.2, -0.15) is 5.10 Å². The quantitative estimate of drug-likeness (QED) is 0.416. The molecule has 0 bridgehead atoms. The number of hydrogen-bond donors (Lipinski definition) is 1. The summed E-state index contributed by atoms with van der Waals surface area (Å²) in [5.74, 6) is 1.46. The van der Waals surface area contributed by atoms with Gasteiger partial charge < -0.3 is 10.1 Å². The van der Waals surface area contributed by atoms with Crippen molar-refractivity contribution in [1.82, 2.24) is 19.7 Å². The maximum atomic E-state index is 12.3. The summed E-state index contributed by atoms with van der Waals surface area (Å²) >= 11 is 0. The minimum absolute atomic E-state index is 0.0414. The molecule has 1 amide bonds. The third kappa shape index (κ3) is 5.75. The number of amides is 1. The van der Waals surface area contributed by atoms with Crippen LogP contribution in [0.1, 0.15) is 36.2 Å². The summed E-state index contributed by atoms with van der Waals surface area (Å²) in [4.78, 5) is 24.4. The Balaban J connectivity index is 1.21. The molecule has 0 aliphatic carbocycles. The number of carbonyl (C=O) groups is 1. The standard InChI is InChI=1S/C25H28N4O3/c30-24(26-15-7-17-29-25(31)28-16-5-4-12-23(28)27-29)14-13-20-10-6-11-22(18-20)32-19-21-8-2-1-3-9-21/h1-3,6,8-11,13-14,18H,4-5,7,12,15-17,19H2,(H,26,30)/b14-13+. The average Bonchev–Trinajstić information content (AvgIpc) is 3.16. The van der Waals surface area contributed by atoms with Crippen molar-refractivity contribution < 1.29 is 9.53 Å². The summed E-state index contributed by atoms with van der Waals surface area (Å²) in [5.41, 5.74) is 1.95. The maximum Gasteiger partial charge on any atom is 0.345 e. The molecule has 4 rings (SSSR count). The molecular weight excluding hydrogens is 404 g/mol. The van der Waals surface area contributed by atoms with Crippen LogP contribution in [0, 0.1) is 0 Å². The number of carbonyl (C=O) groups excluding carboxylic acids is 1. The van der Waals surface area contributed by atoms with Gasteiger partial charge in [0.1, 0.15) is 18.2 Å². The monoisotopic (exact) mass is 432 g/mol. The molecule has 0 saturated carbocycles. The number of nitrogens with zero attached hydrogens (tertiary/aromatic N) is 3. The van der Waals surface area contributed by atoms with E-state index < -0.39 is 0 Å². The Morgan fingerprint density at radius 1 is 1.12 bits per heavy atom. The van der Waals surface area contributed by atoms with E-state index in [1.54, 1.807) is 10.6 Å². The molecule has 0 radical (unpaired) electrons. The highest BCUT2D eigenvalue weighted by atomic mass is 16.5. The van der Waals surface area contributed by atoms with Crippen molar-refractivity contribution in [2.24, 2.45) is 0 Å². The SMILES string of the molecule is O=C(/C=C/c1cccc(OCc2ccccc2)c1)NCCCn1nc2n(c1=O)CCCC2. The number of aryl methyl sites for hydroxylation is 2. The molecule has 7 nitrogen and oxygen atoms in total. The van der Waals surface area contributed by atoms with Crippen molar-refractivity contribution in [3.05, 3.63) is 88.1 Å². The van der Waals surface area contributed by atoms with E-state index in [0.29, 0.717) is 26.1 Å². The lowest BCUT2D eigenvalue weighted by atomic mass is 10.2. The molecular formula is C25H28N4O3. The molecule has 0 fully saturated rings. The van der Waals surface area contributed by atoms with Crippen LogP contribution >= 0.6 is 0 Å². The smallest absolute Gasteiger partial charge is 0.345 e. The fourth-order valence-corrected chi connectivity index (χ4v) is 3.71. The van der Waals surface area contributed by atoms with E-state index >= 15 is 0 Å². The Kier molecular flexibility index (Phi) is 7.17. The molecule has 7 heteroatoms. The van der Waals surface area contributed by atoms with Gasteiger partial charge >= 0.3 is 5.69 Å². The van der Waals surface area contributed by atoms with Gasteiger partial charge in [-0.05, 0) is 48.6 Å². The highest BCUT2D eigenvalue weighted by Crippen LogP contribution is 2.16. The van der Waals surface area contributed by atoms with E-state index in [-0.39, 0.29) is 11.6 Å². The highest BCUT2D eigenvalue weighted by molar-refractivity contribution is 5.91. The van der Waals surface area contributed by atoms with Gasteiger partial charge in [0.15, 0.2) is 0 Å². The largest absolute Gasteiger partial charge is 0.489 e. The number of rotatable bonds is 9. The molecule has 0 unspecified atom stereocenters. The van der Waals surface area contributed by atoms with Gasteiger partial charge in [0.25, 0.3) is 0 Å². The molecule has 0 saturated heterocycles. The molecule has 1 aliphatic rings. The van der Waals surface area contributed by atoms with Crippen LogP contribution in [0.15, 0.2) is 65.5 Å². The van der Waals surface area contributed by atoms with Gasteiger partial charge in [-0.3, -0.25) is 9.36 Å². The van der Waals surface area contributed by atoms with Gasteiger partial charge in [0, 0.05) is 32.1 Å². The van der Waals surface area contributed by atoms with Crippen molar-refractivity contribution in [3.8, 4) is 5.75 Å². The molecule has 1 N–H and O–H groups in total. The van der Waals surface area contributed by atoms with Crippen molar-refractivity contribution >= 4 is 12.0 Å². The molecule has 2 aromatic carbocycles. The third-order valence-electron chi connectivity index (χ3n) is 5.41. The summed E-state index contributed by atoms with van der Waals surface area (Å²) in [6.45, 7) is 2.24. The molecule has 0 spiro atoms. The van der Waals surface area contributed by atoms with E-state index in [9.17, 15) is 9.59 Å². The summed E-state index contributed by atoms with van der Waals surface area (Å²) < 4.78 is 9.11. The Bertz CT molecular complexity index is 1130. The summed E-state index contributed by atoms with van der Waals surface area (Å²) in [6, 6.07) is 17.6. The van der Waals surface area contributed by atoms with Crippen LogP contribution in [0.25, 0.3) is 6.08 Å². The van der Waals surface area contributed by atoms with Crippen LogP contribution in [0.4, 0.5) is 0 Å². The second kappa shape index (κ2) is 10.6. The van der Waals surface area contributed by atoms with Crippen LogP contribution < -0.4 is 15.7 Å². The zero-order valence-electron chi connectivity index (χ0n) is 18.1. The first-order chi connectivity index (χ1) is 15.7. The number of aromatic nitrogens is 3. The zero-order valence-corrected chi connectivity index (χ0v) is 18.1. The molecule has 166 valence electrons. The number of benzene rings is 2. The van der Waals surface area contributed by atoms with E-state index in [2.05, 4.69) is 10.4 Å². The molecule has 32 heavy (non-hydrogen) atoms. The van der Waals surface area contributed by atoms with Gasteiger partial charge in [-0.15, -0.1) is 0 Å². The summed E-state index contributed by atoms with van der Waals surface area (Å²) in [5, 5.41) is 7.27. The Morgan fingerprint density at radius 3 is 2.84 bits per heavy atom. The first-order valence-electron chi connectivity index (χ1n) is 11.1. The van der Waals surface area contributed by atoms with Crippen LogP contribution in [0.3, 0.4) is 0 Å². The van der Waals surface area contributed by atoms with Gasteiger partial charge in [0.05, 0.1) is 0 Å². The summed E-state index contributed by atoms with van der Waals surface area (Å²) in [7, 11) is 0. The highest BCUT2D eigenvalue weighted by Gasteiger charge is 2.16. The molecule has 0 atom stereocenters. The number of nitrogens with one attached hydrogen (secondary N) is 1.